The molecular weight excluding hydrogens is 600 g/mol. The van der Waals surface area contributed by atoms with Gasteiger partial charge in [0.25, 0.3) is 0 Å². The first-order valence-electron chi connectivity index (χ1n) is 14.7. The van der Waals surface area contributed by atoms with Crippen LogP contribution in [-0.2, 0) is 19.1 Å². The number of carbonyl (C=O) groups is 4. The van der Waals surface area contributed by atoms with E-state index in [0.717, 1.165) is 0 Å². The second-order valence-corrected chi connectivity index (χ2v) is 11.5. The summed E-state index contributed by atoms with van der Waals surface area (Å²) < 4.78 is 33.8. The first-order valence-corrected chi connectivity index (χ1v) is 14.7. The number of allylic oxidation sites excluding steroid dienone is 2. The van der Waals surface area contributed by atoms with E-state index in [1.54, 1.807) is 13.8 Å². The third-order valence-corrected chi connectivity index (χ3v) is 8.66. The van der Waals surface area contributed by atoms with Crippen LogP contribution >= 0.6 is 0 Å². The topological polar surface area (TPSA) is 164 Å². The number of methoxy groups -OCH3 is 4. The average Bonchev–Trinajstić information content (AvgIpc) is 3.00. The van der Waals surface area contributed by atoms with E-state index >= 15 is 0 Å². The van der Waals surface area contributed by atoms with Gasteiger partial charge in [-0.05, 0) is 36.1 Å². The summed E-state index contributed by atoms with van der Waals surface area (Å²) in [5, 5.41) is 23.2. The van der Waals surface area contributed by atoms with Crippen LogP contribution in [0, 0.1) is 0 Å². The maximum atomic E-state index is 14.0. The lowest BCUT2D eigenvalue weighted by molar-refractivity contribution is -0.146. The Morgan fingerprint density at radius 3 is 1.22 bits per heavy atom. The predicted octanol–water partition coefficient (Wildman–Crippen LogP) is 5.27. The van der Waals surface area contributed by atoms with E-state index in [9.17, 15) is 29.4 Å². The summed E-state index contributed by atoms with van der Waals surface area (Å²) in [5.41, 5.74) is 2.24. The van der Waals surface area contributed by atoms with Gasteiger partial charge < -0.3 is 38.6 Å². The maximum Gasteiger partial charge on any atom is 0.302 e. The molecule has 0 amide bonds. The third kappa shape index (κ3) is 4.92. The van der Waals surface area contributed by atoms with Crippen LogP contribution in [0.25, 0.3) is 11.1 Å². The number of Topliss-reactive ketones (excluding diaryl/α,β-unsaturated/α-hetero) is 2. The minimum absolute atomic E-state index is 0.0655. The highest BCUT2D eigenvalue weighted by Crippen LogP contribution is 2.65. The zero-order valence-electron chi connectivity index (χ0n) is 26.9. The summed E-state index contributed by atoms with van der Waals surface area (Å²) in [4.78, 5) is 51.8. The van der Waals surface area contributed by atoms with E-state index in [-0.39, 0.29) is 46.6 Å². The van der Waals surface area contributed by atoms with E-state index in [4.69, 9.17) is 28.4 Å². The van der Waals surface area contributed by atoms with Gasteiger partial charge in [-0.25, -0.2) is 0 Å². The smallest absolute Gasteiger partial charge is 0.302 e. The summed E-state index contributed by atoms with van der Waals surface area (Å²) in [5.74, 6) is -4.66. The minimum atomic E-state index is -0.914. The van der Waals surface area contributed by atoms with Gasteiger partial charge in [0, 0.05) is 61.8 Å². The van der Waals surface area contributed by atoms with Crippen molar-refractivity contribution in [2.75, 3.05) is 28.4 Å². The molecule has 2 unspecified atom stereocenters. The van der Waals surface area contributed by atoms with Crippen molar-refractivity contribution in [3.63, 3.8) is 0 Å². The summed E-state index contributed by atoms with van der Waals surface area (Å²) >= 11 is 0. The highest BCUT2D eigenvalue weighted by molar-refractivity contribution is 6.17. The molecule has 4 atom stereocenters. The first kappa shape index (κ1) is 32.4. The normalized spacial score (nSPS) is 19.1. The van der Waals surface area contributed by atoms with Crippen LogP contribution in [0.3, 0.4) is 0 Å². The van der Waals surface area contributed by atoms with Gasteiger partial charge in [-0.1, -0.05) is 0 Å². The fraction of sp³-hybridized carbons (Fsp3) is 0.412. The van der Waals surface area contributed by atoms with Crippen molar-refractivity contribution in [1.29, 1.82) is 0 Å². The number of aliphatic hydroxyl groups excluding tert-OH is 2. The van der Waals surface area contributed by atoms with Gasteiger partial charge in [0.1, 0.15) is 35.2 Å². The maximum absolute atomic E-state index is 14.0. The predicted molar refractivity (Wildman–Crippen MR) is 163 cm³/mol. The first-order chi connectivity index (χ1) is 21.8. The molecule has 0 bridgehead atoms. The molecule has 0 heterocycles. The van der Waals surface area contributed by atoms with Gasteiger partial charge in [-0.3, -0.25) is 19.2 Å². The molecule has 3 aliphatic carbocycles. The van der Waals surface area contributed by atoms with Gasteiger partial charge in [0.05, 0.1) is 39.6 Å². The zero-order chi connectivity index (χ0) is 33.8. The molecule has 2 N–H and O–H groups in total. The van der Waals surface area contributed by atoms with Crippen molar-refractivity contribution in [2.24, 2.45) is 0 Å². The van der Waals surface area contributed by atoms with Crippen LogP contribution in [0.5, 0.6) is 23.0 Å². The largest absolute Gasteiger partial charge is 0.504 e. The zero-order valence-corrected chi connectivity index (χ0v) is 26.9. The second kappa shape index (κ2) is 12.1. The van der Waals surface area contributed by atoms with Crippen molar-refractivity contribution >= 4 is 23.5 Å². The Morgan fingerprint density at radius 1 is 0.630 bits per heavy atom. The molecule has 12 heteroatoms. The number of ketones is 2. The van der Waals surface area contributed by atoms with Crippen LogP contribution < -0.4 is 18.9 Å². The van der Waals surface area contributed by atoms with Crippen LogP contribution in [0.15, 0.2) is 34.8 Å². The van der Waals surface area contributed by atoms with E-state index < -0.39 is 59.1 Å². The fourth-order valence-corrected chi connectivity index (χ4v) is 7.18. The van der Waals surface area contributed by atoms with Gasteiger partial charge >= 0.3 is 11.9 Å². The van der Waals surface area contributed by atoms with Gasteiger partial charge in [0.2, 0.25) is 11.6 Å². The summed E-state index contributed by atoms with van der Waals surface area (Å²) in [7, 11) is 5.67. The van der Waals surface area contributed by atoms with Crippen molar-refractivity contribution in [2.45, 2.75) is 64.6 Å². The summed E-state index contributed by atoms with van der Waals surface area (Å²) in [6.45, 7) is 5.77. The number of benzene rings is 2. The van der Waals surface area contributed by atoms with Crippen molar-refractivity contribution in [1.82, 2.24) is 0 Å². The van der Waals surface area contributed by atoms with E-state index in [0.29, 0.717) is 33.8 Å². The molecule has 0 saturated heterocycles. The van der Waals surface area contributed by atoms with Gasteiger partial charge in [-0.15, -0.1) is 0 Å². The second-order valence-electron chi connectivity index (χ2n) is 11.5. The number of hydrogen-bond donors (Lipinski definition) is 2. The Balaban J connectivity index is 1.97. The number of aliphatic hydroxyl groups is 2. The van der Waals surface area contributed by atoms with E-state index in [2.05, 4.69) is 0 Å². The molecule has 12 nitrogen and oxygen atoms in total. The molecule has 3 aliphatic rings. The van der Waals surface area contributed by atoms with Crippen molar-refractivity contribution in [3.05, 3.63) is 57.1 Å². The van der Waals surface area contributed by atoms with Crippen LogP contribution in [0.2, 0.25) is 0 Å². The molecule has 0 saturated carbocycles. The van der Waals surface area contributed by atoms with Crippen LogP contribution in [0.4, 0.5) is 0 Å². The number of esters is 2. The molecule has 0 fully saturated rings. The monoisotopic (exact) mass is 636 g/mol. The van der Waals surface area contributed by atoms with Gasteiger partial charge in [0.15, 0.2) is 11.5 Å². The van der Waals surface area contributed by atoms with Crippen molar-refractivity contribution < 1.29 is 57.8 Å². The Hall–Kier alpha value is -5.00. The number of hydrogen-bond acceptors (Lipinski definition) is 12. The van der Waals surface area contributed by atoms with Crippen LogP contribution in [-0.4, -0.2) is 74.4 Å². The minimum Gasteiger partial charge on any atom is -0.504 e. The number of fused-ring (bicyclic) bond motifs is 2. The molecule has 0 spiro atoms. The molecule has 0 aliphatic heterocycles. The molecule has 2 aromatic rings. The number of rotatable bonds is 10. The third-order valence-electron chi connectivity index (χ3n) is 8.66. The molecule has 2 aromatic carbocycles. The number of carbonyl (C=O) groups excluding carboxylic acids is 4. The standard InChI is InChI=1S/C34H36O12/c1-13(45-15(3)35)9-17-23-24-18(10-14(2)46-16(4)36)32(38)34(40)28-22(44-8)12-20(42-6)26(30(24)28)25-19(41-5)11-21(43-7)27(29(23)25)33(39)31(17)37/h11-14,23-24,37-38H,9-10H2,1-8H3/t13-,14-,23?,24?/m1/s1. The molecule has 244 valence electrons. The molecule has 5 rings (SSSR count). The molecule has 0 radical (unpaired) electrons. The number of ether oxygens (including phenoxy) is 6. The lowest BCUT2D eigenvalue weighted by atomic mass is 9.58. The average molecular weight is 637 g/mol. The molecular formula is C34H36O12. The Morgan fingerprint density at radius 2 is 0.935 bits per heavy atom. The summed E-state index contributed by atoms with van der Waals surface area (Å²) in [6, 6.07) is 3.06. The lowest BCUT2D eigenvalue weighted by Crippen LogP contribution is -2.36. The van der Waals surface area contributed by atoms with Gasteiger partial charge in [-0.2, -0.15) is 0 Å². The van der Waals surface area contributed by atoms with E-state index in [1.165, 1.54) is 54.4 Å². The van der Waals surface area contributed by atoms with E-state index in [1.807, 2.05) is 0 Å². The van der Waals surface area contributed by atoms with Crippen LogP contribution in [0.1, 0.15) is 84.2 Å². The highest BCUT2D eigenvalue weighted by Gasteiger charge is 2.53. The quantitative estimate of drug-likeness (QED) is 0.325. The SMILES string of the molecule is COc1cc(OC)c2c3c1C(=O)C(O)=C(C[C@@H](C)OC(C)=O)C3C1C(C[C@@H](C)OC(C)=O)=C(O)C(=O)c3c(OC)cc(OC)c-2c31. The highest BCUT2D eigenvalue weighted by atomic mass is 16.5. The Kier molecular flexibility index (Phi) is 8.50. The Labute approximate surface area is 265 Å². The molecule has 0 aromatic heterocycles. The summed E-state index contributed by atoms with van der Waals surface area (Å²) in [6.07, 6.45) is -1.67. The molecule has 46 heavy (non-hydrogen) atoms. The Bertz CT molecular complexity index is 1620. The van der Waals surface area contributed by atoms with Crippen molar-refractivity contribution in [3.8, 4) is 34.1 Å². The fourth-order valence-electron chi connectivity index (χ4n) is 7.18. The lowest BCUT2D eigenvalue weighted by Gasteiger charge is -2.45.